The lowest BCUT2D eigenvalue weighted by atomic mass is 9.92. The van der Waals surface area contributed by atoms with Crippen LogP contribution < -0.4 is 5.73 Å². The predicted octanol–water partition coefficient (Wildman–Crippen LogP) is 0.890. The van der Waals surface area contributed by atoms with Crippen LogP contribution in [0.25, 0.3) is 0 Å². The molecule has 0 aromatic heterocycles. The molecule has 1 atom stereocenters. The van der Waals surface area contributed by atoms with Crippen molar-refractivity contribution in [1.82, 2.24) is 0 Å². The first kappa shape index (κ1) is 11.7. The minimum Gasteiger partial charge on any atom is -0.479 e. The molecule has 0 saturated heterocycles. The van der Waals surface area contributed by atoms with Gasteiger partial charge in [0.05, 0.1) is 5.88 Å². The van der Waals surface area contributed by atoms with Gasteiger partial charge in [0.25, 0.3) is 0 Å². The highest BCUT2D eigenvalue weighted by molar-refractivity contribution is 6.27. The first-order valence-corrected chi connectivity index (χ1v) is 4.74. The Kier molecular flexibility index (Phi) is 3.44. The van der Waals surface area contributed by atoms with Gasteiger partial charge < -0.3 is 10.8 Å². The van der Waals surface area contributed by atoms with Crippen LogP contribution in [0.2, 0.25) is 0 Å². The van der Waals surface area contributed by atoms with Crippen LogP contribution in [-0.4, -0.2) is 28.3 Å². The van der Waals surface area contributed by atoms with Crippen LogP contribution in [-0.2, 0) is 4.79 Å². The molecule has 1 unspecified atom stereocenters. The fraction of sp³-hybridized carbons (Fsp3) is 0.200. The van der Waals surface area contributed by atoms with Crippen molar-refractivity contribution >= 4 is 23.4 Å². The van der Waals surface area contributed by atoms with Gasteiger partial charge >= 0.3 is 5.97 Å². The van der Waals surface area contributed by atoms with E-state index < -0.39 is 23.2 Å². The summed E-state index contributed by atoms with van der Waals surface area (Å²) >= 11 is 5.42. The van der Waals surface area contributed by atoms with Crippen LogP contribution in [0, 0.1) is 0 Å². The number of Topliss-reactive ketones (excluding diaryl/α,β-unsaturated/α-hetero) is 1. The molecule has 4 nitrogen and oxygen atoms in total. The van der Waals surface area contributed by atoms with Crippen molar-refractivity contribution in [1.29, 1.82) is 0 Å². The van der Waals surface area contributed by atoms with E-state index in [2.05, 4.69) is 0 Å². The second-order valence-electron chi connectivity index (χ2n) is 3.11. The van der Waals surface area contributed by atoms with Gasteiger partial charge in [-0.25, -0.2) is 4.79 Å². The number of aliphatic carboxylic acids is 1. The number of benzene rings is 1. The SMILES string of the molecule is NC(CCl)(C(=O)O)C(=O)c1ccccc1. The van der Waals surface area contributed by atoms with Crippen LogP contribution in [0.3, 0.4) is 0 Å². The fourth-order valence-corrected chi connectivity index (χ4v) is 1.30. The van der Waals surface area contributed by atoms with Gasteiger partial charge in [-0.1, -0.05) is 30.3 Å². The standard InChI is InChI=1S/C10H10ClNO3/c11-6-10(12,9(14)15)8(13)7-4-2-1-3-5-7/h1-5H,6,12H2,(H,14,15). The average molecular weight is 228 g/mol. The Hall–Kier alpha value is -1.39. The minimum atomic E-state index is -2.05. The van der Waals surface area contributed by atoms with E-state index in [1.54, 1.807) is 18.2 Å². The van der Waals surface area contributed by atoms with E-state index >= 15 is 0 Å². The number of nitrogens with two attached hydrogens (primary N) is 1. The summed E-state index contributed by atoms with van der Waals surface area (Å²) in [5, 5.41) is 8.83. The Morgan fingerprint density at radius 3 is 2.27 bits per heavy atom. The van der Waals surface area contributed by atoms with Gasteiger partial charge in [-0.15, -0.1) is 11.6 Å². The Balaban J connectivity index is 3.08. The molecule has 0 fully saturated rings. The Bertz CT molecular complexity index is 380. The summed E-state index contributed by atoms with van der Waals surface area (Å²) in [6.45, 7) is 0. The van der Waals surface area contributed by atoms with E-state index in [9.17, 15) is 9.59 Å². The number of carboxylic acids is 1. The largest absolute Gasteiger partial charge is 0.479 e. The van der Waals surface area contributed by atoms with Crippen LogP contribution in [0.5, 0.6) is 0 Å². The van der Waals surface area contributed by atoms with Crippen molar-refractivity contribution in [2.24, 2.45) is 5.73 Å². The molecule has 5 heteroatoms. The van der Waals surface area contributed by atoms with Crippen molar-refractivity contribution in [2.45, 2.75) is 5.54 Å². The number of hydrogen-bond donors (Lipinski definition) is 2. The summed E-state index contributed by atoms with van der Waals surface area (Å²) in [4.78, 5) is 22.6. The van der Waals surface area contributed by atoms with Crippen LogP contribution in [0.4, 0.5) is 0 Å². The van der Waals surface area contributed by atoms with Crippen molar-refractivity contribution in [3.05, 3.63) is 35.9 Å². The van der Waals surface area contributed by atoms with Gasteiger partial charge in [0.2, 0.25) is 0 Å². The zero-order chi connectivity index (χ0) is 11.5. The number of alkyl halides is 1. The van der Waals surface area contributed by atoms with Gasteiger partial charge in [-0.05, 0) is 0 Å². The lowest BCUT2D eigenvalue weighted by Gasteiger charge is -2.19. The maximum absolute atomic E-state index is 11.7. The van der Waals surface area contributed by atoms with Gasteiger partial charge in [0.15, 0.2) is 11.3 Å². The number of rotatable bonds is 4. The van der Waals surface area contributed by atoms with Crippen LogP contribution in [0.15, 0.2) is 30.3 Å². The summed E-state index contributed by atoms with van der Waals surface area (Å²) in [7, 11) is 0. The second-order valence-corrected chi connectivity index (χ2v) is 3.37. The Morgan fingerprint density at radius 1 is 1.33 bits per heavy atom. The first-order valence-electron chi connectivity index (χ1n) is 4.20. The zero-order valence-electron chi connectivity index (χ0n) is 7.81. The highest BCUT2D eigenvalue weighted by Gasteiger charge is 2.41. The van der Waals surface area contributed by atoms with Crippen molar-refractivity contribution < 1.29 is 14.7 Å². The maximum atomic E-state index is 11.7. The molecule has 0 spiro atoms. The molecule has 0 aliphatic carbocycles. The van der Waals surface area contributed by atoms with E-state index in [0.29, 0.717) is 0 Å². The van der Waals surface area contributed by atoms with Gasteiger partial charge in [0, 0.05) is 5.56 Å². The molecule has 0 aliphatic heterocycles. The maximum Gasteiger partial charge on any atom is 0.333 e. The molecular formula is C10H10ClNO3. The van der Waals surface area contributed by atoms with E-state index in [0.717, 1.165) is 0 Å². The van der Waals surface area contributed by atoms with E-state index in [4.69, 9.17) is 22.4 Å². The highest BCUT2D eigenvalue weighted by Crippen LogP contribution is 2.13. The van der Waals surface area contributed by atoms with E-state index in [1.165, 1.54) is 12.1 Å². The summed E-state index contributed by atoms with van der Waals surface area (Å²) < 4.78 is 0. The average Bonchev–Trinajstić information content (AvgIpc) is 2.28. The second kappa shape index (κ2) is 4.42. The van der Waals surface area contributed by atoms with Gasteiger partial charge in [0.1, 0.15) is 0 Å². The summed E-state index contributed by atoms with van der Waals surface area (Å²) in [5.41, 5.74) is 3.62. The molecule has 0 radical (unpaired) electrons. The molecule has 0 saturated carbocycles. The lowest BCUT2D eigenvalue weighted by molar-refractivity contribution is -0.140. The number of carbonyl (C=O) groups is 2. The van der Waals surface area contributed by atoms with Crippen molar-refractivity contribution in [3.8, 4) is 0 Å². The number of carboxylic acid groups (broad SMARTS) is 1. The number of carbonyl (C=O) groups excluding carboxylic acids is 1. The van der Waals surface area contributed by atoms with E-state index in [-0.39, 0.29) is 5.56 Å². The third kappa shape index (κ3) is 2.16. The first-order chi connectivity index (χ1) is 7.02. The molecule has 0 bridgehead atoms. The summed E-state index contributed by atoms with van der Waals surface area (Å²) in [6, 6.07) is 7.97. The number of hydrogen-bond acceptors (Lipinski definition) is 3. The third-order valence-electron chi connectivity index (χ3n) is 2.03. The fourth-order valence-electron chi connectivity index (χ4n) is 1.06. The smallest absolute Gasteiger partial charge is 0.333 e. The molecular weight excluding hydrogens is 218 g/mol. The molecule has 15 heavy (non-hydrogen) atoms. The summed E-state index contributed by atoms with van der Waals surface area (Å²) in [5.74, 6) is -2.58. The predicted molar refractivity (Wildman–Crippen MR) is 56.0 cm³/mol. The van der Waals surface area contributed by atoms with Gasteiger partial charge in [-0.2, -0.15) is 0 Å². The minimum absolute atomic E-state index is 0.239. The van der Waals surface area contributed by atoms with Crippen molar-refractivity contribution in [3.63, 3.8) is 0 Å². The molecule has 1 rings (SSSR count). The monoisotopic (exact) mass is 227 g/mol. The Labute approximate surface area is 91.7 Å². The van der Waals surface area contributed by atoms with Crippen LogP contribution in [0.1, 0.15) is 10.4 Å². The zero-order valence-corrected chi connectivity index (χ0v) is 8.57. The molecule has 80 valence electrons. The quantitative estimate of drug-likeness (QED) is 0.455. The molecule has 3 N–H and O–H groups in total. The van der Waals surface area contributed by atoms with Crippen molar-refractivity contribution in [2.75, 3.05) is 5.88 Å². The van der Waals surface area contributed by atoms with E-state index in [1.807, 2.05) is 0 Å². The van der Waals surface area contributed by atoms with Crippen LogP contribution >= 0.6 is 11.6 Å². The third-order valence-corrected chi connectivity index (χ3v) is 2.46. The molecule has 0 amide bonds. The van der Waals surface area contributed by atoms with Gasteiger partial charge in [-0.3, -0.25) is 4.79 Å². The molecule has 0 aliphatic rings. The normalized spacial score (nSPS) is 14.3. The molecule has 0 heterocycles. The molecule has 1 aromatic rings. The number of halogens is 1. The Morgan fingerprint density at radius 2 is 1.87 bits per heavy atom. The lowest BCUT2D eigenvalue weighted by Crippen LogP contribution is -2.56. The topological polar surface area (TPSA) is 80.4 Å². The summed E-state index contributed by atoms with van der Waals surface area (Å²) in [6.07, 6.45) is 0. The molecule has 1 aromatic carbocycles. The number of ketones is 1. The highest BCUT2D eigenvalue weighted by atomic mass is 35.5.